The van der Waals surface area contributed by atoms with E-state index in [0.29, 0.717) is 0 Å². The normalized spacial score (nSPS) is 24.6. The number of fused-ring (bicyclic) bond motifs is 1. The highest BCUT2D eigenvalue weighted by Gasteiger charge is 2.26. The van der Waals surface area contributed by atoms with Crippen LogP contribution < -0.4 is 10.6 Å². The van der Waals surface area contributed by atoms with Gasteiger partial charge in [0.1, 0.15) is 5.82 Å². The van der Waals surface area contributed by atoms with Crippen molar-refractivity contribution in [3.05, 3.63) is 11.3 Å². The Bertz CT molecular complexity index is 731. The molecule has 2 heterocycles. The van der Waals surface area contributed by atoms with Gasteiger partial charge in [-0.05, 0) is 50.4 Å². The number of hydrogen-bond donors (Lipinski definition) is 0. The van der Waals surface area contributed by atoms with Crippen LogP contribution in [0.4, 0.5) is 5.82 Å². The van der Waals surface area contributed by atoms with Gasteiger partial charge in [-0.25, -0.2) is 9.97 Å². The van der Waals surface area contributed by atoms with Gasteiger partial charge in [-0.1, -0.05) is 116 Å². The number of aryl methyl sites for hydroxylation is 1. The fourth-order valence-corrected chi connectivity index (χ4v) is 7.31. The van der Waals surface area contributed by atoms with Gasteiger partial charge in [0.25, 0.3) is 0 Å². The van der Waals surface area contributed by atoms with Crippen LogP contribution in [0.1, 0.15) is 147 Å². The van der Waals surface area contributed by atoms with Crippen LogP contribution in [0.5, 0.6) is 0 Å². The van der Waals surface area contributed by atoms with Crippen molar-refractivity contribution in [2.24, 2.45) is 11.8 Å². The SMILES string of the molecule is CC[B]c1nc2c(c(N3CCCCCCCCCCC3)n1)CCCCC(C1CCCCCCC1)CC2. The van der Waals surface area contributed by atoms with Gasteiger partial charge in [0, 0.05) is 24.3 Å². The van der Waals surface area contributed by atoms with Crippen molar-refractivity contribution in [1.29, 1.82) is 0 Å². The van der Waals surface area contributed by atoms with Crippen molar-refractivity contribution < 1.29 is 0 Å². The van der Waals surface area contributed by atoms with Crippen LogP contribution in [0.2, 0.25) is 6.32 Å². The zero-order valence-electron chi connectivity index (χ0n) is 23.8. The van der Waals surface area contributed by atoms with Gasteiger partial charge in [0.2, 0.25) is 7.28 Å². The third-order valence-corrected chi connectivity index (χ3v) is 9.45. The number of anilines is 1. The van der Waals surface area contributed by atoms with E-state index in [0.717, 1.165) is 23.9 Å². The Morgan fingerprint density at radius 2 is 1.14 bits per heavy atom. The van der Waals surface area contributed by atoms with E-state index >= 15 is 0 Å². The summed E-state index contributed by atoms with van der Waals surface area (Å²) < 4.78 is 0. The maximum atomic E-state index is 5.26. The highest BCUT2D eigenvalue weighted by atomic mass is 15.2. The molecule has 1 unspecified atom stereocenters. The maximum Gasteiger partial charge on any atom is 0.204 e. The molecule has 1 atom stereocenters. The molecule has 2 fully saturated rings. The summed E-state index contributed by atoms with van der Waals surface area (Å²) in [7, 11) is 2.26. The second-order valence-corrected chi connectivity index (χ2v) is 12.3. The number of aromatic nitrogens is 2. The predicted octanol–water partition coefficient (Wildman–Crippen LogP) is 8.21. The summed E-state index contributed by atoms with van der Waals surface area (Å²) >= 11 is 0. The Morgan fingerprint density at radius 1 is 0.611 bits per heavy atom. The van der Waals surface area contributed by atoms with Crippen molar-refractivity contribution in [3.8, 4) is 0 Å². The minimum atomic E-state index is 0.910. The highest BCUT2D eigenvalue weighted by Crippen LogP contribution is 2.36. The lowest BCUT2D eigenvalue weighted by Gasteiger charge is -2.29. The van der Waals surface area contributed by atoms with Crippen LogP contribution in [0.3, 0.4) is 0 Å². The topological polar surface area (TPSA) is 29.0 Å². The molecule has 0 amide bonds. The Labute approximate surface area is 224 Å². The molecule has 36 heavy (non-hydrogen) atoms. The number of nitrogens with zero attached hydrogens (tertiary/aromatic N) is 3. The first kappa shape index (κ1) is 28.0. The molecule has 1 saturated heterocycles. The molecule has 1 saturated carbocycles. The molecule has 1 aromatic rings. The average molecular weight is 493 g/mol. The van der Waals surface area contributed by atoms with Crippen molar-refractivity contribution in [3.63, 3.8) is 0 Å². The molecule has 3 aliphatic rings. The van der Waals surface area contributed by atoms with Crippen LogP contribution in [0.15, 0.2) is 0 Å². The van der Waals surface area contributed by atoms with Crippen LogP contribution in [0, 0.1) is 11.8 Å². The lowest BCUT2D eigenvalue weighted by atomic mass is 9.74. The van der Waals surface area contributed by atoms with Gasteiger partial charge < -0.3 is 4.90 Å². The van der Waals surface area contributed by atoms with E-state index in [-0.39, 0.29) is 0 Å². The van der Waals surface area contributed by atoms with Crippen molar-refractivity contribution in [1.82, 2.24) is 9.97 Å². The van der Waals surface area contributed by atoms with E-state index in [2.05, 4.69) is 19.1 Å². The van der Waals surface area contributed by atoms with Crippen LogP contribution >= 0.6 is 0 Å². The Hall–Kier alpha value is -1.06. The fourth-order valence-electron chi connectivity index (χ4n) is 7.31. The summed E-state index contributed by atoms with van der Waals surface area (Å²) in [5, 5.41) is 0. The summed E-state index contributed by atoms with van der Waals surface area (Å²) in [5.74, 6) is 3.19. The molecule has 4 heteroatoms. The van der Waals surface area contributed by atoms with Gasteiger partial charge in [0.05, 0.1) is 5.72 Å². The smallest absolute Gasteiger partial charge is 0.204 e. The van der Waals surface area contributed by atoms with Gasteiger partial charge in [-0.3, -0.25) is 0 Å². The van der Waals surface area contributed by atoms with Gasteiger partial charge in [-0.2, -0.15) is 0 Å². The molecule has 1 aromatic heterocycles. The first-order valence-electron chi connectivity index (χ1n) is 16.3. The van der Waals surface area contributed by atoms with E-state index in [9.17, 15) is 0 Å². The number of hydrogen-bond acceptors (Lipinski definition) is 3. The molecule has 2 aliphatic carbocycles. The molecule has 0 spiro atoms. The molecule has 3 nitrogen and oxygen atoms in total. The third kappa shape index (κ3) is 8.76. The Kier molecular flexibility index (Phi) is 12.5. The lowest BCUT2D eigenvalue weighted by Crippen LogP contribution is -2.33. The molecule has 1 radical (unpaired) electrons. The number of rotatable bonds is 4. The first-order valence-corrected chi connectivity index (χ1v) is 16.3. The van der Waals surface area contributed by atoms with E-state index in [1.165, 1.54) is 171 Å². The van der Waals surface area contributed by atoms with E-state index in [1.54, 1.807) is 0 Å². The molecule has 0 aromatic carbocycles. The predicted molar refractivity (Wildman–Crippen MR) is 157 cm³/mol. The lowest BCUT2D eigenvalue weighted by molar-refractivity contribution is 0.235. The van der Waals surface area contributed by atoms with Crippen LogP contribution in [0.25, 0.3) is 0 Å². The quantitative estimate of drug-likeness (QED) is 0.397. The minimum Gasteiger partial charge on any atom is -0.356 e. The average Bonchev–Trinajstić information content (AvgIpc) is 2.95. The van der Waals surface area contributed by atoms with Crippen molar-refractivity contribution >= 4 is 18.8 Å². The molecule has 4 rings (SSSR count). The summed E-state index contributed by atoms with van der Waals surface area (Å²) in [6, 6.07) is 0. The minimum absolute atomic E-state index is 0.910. The molecular formula is C32H55BN3. The fraction of sp³-hybridized carbons (Fsp3) is 0.875. The van der Waals surface area contributed by atoms with E-state index in [1.807, 2.05) is 0 Å². The first-order chi connectivity index (χ1) is 17.8. The van der Waals surface area contributed by atoms with Crippen molar-refractivity contribution in [2.45, 2.75) is 155 Å². The zero-order valence-corrected chi connectivity index (χ0v) is 23.8. The third-order valence-electron chi connectivity index (χ3n) is 9.45. The van der Waals surface area contributed by atoms with Gasteiger partial charge >= 0.3 is 0 Å². The summed E-state index contributed by atoms with van der Waals surface area (Å²) in [6.45, 7) is 4.59. The Balaban J connectivity index is 1.55. The second-order valence-electron chi connectivity index (χ2n) is 12.3. The summed E-state index contributed by atoms with van der Waals surface area (Å²) in [5.41, 5.74) is 3.93. The van der Waals surface area contributed by atoms with Crippen molar-refractivity contribution in [2.75, 3.05) is 18.0 Å². The Morgan fingerprint density at radius 3 is 1.75 bits per heavy atom. The molecule has 0 bridgehead atoms. The van der Waals surface area contributed by atoms with Gasteiger partial charge in [0.15, 0.2) is 0 Å². The largest absolute Gasteiger partial charge is 0.356 e. The monoisotopic (exact) mass is 492 g/mol. The summed E-state index contributed by atoms with van der Waals surface area (Å²) in [4.78, 5) is 13.2. The molecule has 0 N–H and O–H groups in total. The summed E-state index contributed by atoms with van der Waals surface area (Å²) in [6.07, 6.45) is 31.7. The van der Waals surface area contributed by atoms with E-state index < -0.39 is 0 Å². The molecular weight excluding hydrogens is 437 g/mol. The van der Waals surface area contributed by atoms with Crippen LogP contribution in [-0.2, 0) is 12.8 Å². The van der Waals surface area contributed by atoms with E-state index in [4.69, 9.17) is 9.97 Å². The molecule has 201 valence electrons. The van der Waals surface area contributed by atoms with Crippen LogP contribution in [-0.4, -0.2) is 30.3 Å². The zero-order chi connectivity index (χ0) is 24.8. The standard InChI is InChI=1S/C32H55BN3/c1-2-33-32-34-30-24-23-28(27-19-13-9-8-10-14-20-27)21-15-16-22-29(30)31(35-32)36-25-17-11-6-4-3-5-7-12-18-26-36/h27-28H,2-26H2,1H3. The molecule has 1 aliphatic heterocycles. The second kappa shape index (κ2) is 16.0. The maximum absolute atomic E-state index is 5.26. The highest BCUT2D eigenvalue weighted by molar-refractivity contribution is 6.51. The van der Waals surface area contributed by atoms with Gasteiger partial charge in [-0.15, -0.1) is 0 Å².